The van der Waals surface area contributed by atoms with Crippen LogP contribution in [0.4, 0.5) is 0 Å². The molecule has 1 N–H and O–H groups in total. The largest absolute Gasteiger partial charge is 0.491 e. The molecule has 0 fully saturated rings. The third-order valence-corrected chi connectivity index (χ3v) is 8.05. The van der Waals surface area contributed by atoms with Gasteiger partial charge in [-0.1, -0.05) is 12.1 Å². The fourth-order valence-corrected chi connectivity index (χ4v) is 5.82. The van der Waals surface area contributed by atoms with E-state index >= 15 is 0 Å². The number of nitrogens with zero attached hydrogens (tertiary/aromatic N) is 2. The number of fused-ring (bicyclic) bond motifs is 2. The lowest BCUT2D eigenvalue weighted by atomic mass is 9.77. The molecule has 9 nitrogen and oxygen atoms in total. The van der Waals surface area contributed by atoms with E-state index in [2.05, 4.69) is 5.32 Å². The summed E-state index contributed by atoms with van der Waals surface area (Å²) in [5.41, 5.74) is 0.773. The van der Waals surface area contributed by atoms with Crippen molar-refractivity contribution >= 4 is 23.6 Å². The molecule has 4 rings (SSSR count). The first-order valence-electron chi connectivity index (χ1n) is 15.2. The molecule has 2 aliphatic heterocycles. The van der Waals surface area contributed by atoms with Crippen molar-refractivity contribution in [3.05, 3.63) is 58.7 Å². The SMILES string of the molecule is CC(C)Oc1ccc2c(c1)C(=O)N(CCCNCCCN1C(=O)c3cc(OC(C)C)ccc3C(C)(C)C1=O)C(=O)C2(C)C. The number of hydrogen-bond donors (Lipinski definition) is 1. The molecule has 0 atom stereocenters. The van der Waals surface area contributed by atoms with Gasteiger partial charge in [0.2, 0.25) is 11.8 Å². The van der Waals surface area contributed by atoms with Crippen molar-refractivity contribution < 1.29 is 28.7 Å². The first-order valence-corrected chi connectivity index (χ1v) is 15.2. The molecular weight excluding hydrogens is 546 g/mol. The zero-order chi connectivity index (χ0) is 31.7. The van der Waals surface area contributed by atoms with Gasteiger partial charge in [-0.05, 0) is 117 Å². The predicted octanol–water partition coefficient (Wildman–Crippen LogP) is 4.85. The van der Waals surface area contributed by atoms with Gasteiger partial charge in [0.15, 0.2) is 0 Å². The van der Waals surface area contributed by atoms with Crippen molar-refractivity contribution in [1.29, 1.82) is 0 Å². The minimum atomic E-state index is -0.825. The van der Waals surface area contributed by atoms with Gasteiger partial charge < -0.3 is 14.8 Å². The maximum absolute atomic E-state index is 13.3. The third-order valence-electron chi connectivity index (χ3n) is 8.05. The molecular formula is C34H45N3O6. The monoisotopic (exact) mass is 591 g/mol. The Kier molecular flexibility index (Phi) is 9.35. The average molecular weight is 592 g/mol. The summed E-state index contributed by atoms with van der Waals surface area (Å²) >= 11 is 0. The molecule has 0 unspecified atom stereocenters. The highest BCUT2D eigenvalue weighted by molar-refractivity contribution is 6.13. The number of amides is 4. The Hall–Kier alpha value is -3.72. The number of rotatable bonds is 12. The van der Waals surface area contributed by atoms with Crippen LogP contribution in [-0.2, 0) is 20.4 Å². The van der Waals surface area contributed by atoms with Gasteiger partial charge >= 0.3 is 0 Å². The summed E-state index contributed by atoms with van der Waals surface area (Å²) in [5.74, 6) is 0.177. The number of ether oxygens (including phenoxy) is 2. The standard InChI is InChI=1S/C34H45N3O6/c1-21(2)42-23-11-13-27-25(19-23)29(38)36(31(40)33(27,5)6)17-9-15-35-16-10-18-37-30(39)26-20-24(43-22(3)4)12-14-28(26)34(7,8)32(37)41/h11-14,19-22,35H,9-10,15-18H2,1-8H3. The molecule has 0 aromatic heterocycles. The first kappa shape index (κ1) is 32.2. The number of nitrogens with one attached hydrogen (secondary N) is 1. The number of benzene rings is 2. The van der Waals surface area contributed by atoms with E-state index in [1.54, 1.807) is 12.1 Å². The Morgan fingerprint density at radius 2 is 1.02 bits per heavy atom. The van der Waals surface area contributed by atoms with Crippen LogP contribution < -0.4 is 14.8 Å². The van der Waals surface area contributed by atoms with E-state index in [-0.39, 0.29) is 48.9 Å². The van der Waals surface area contributed by atoms with E-state index in [4.69, 9.17) is 9.47 Å². The van der Waals surface area contributed by atoms with Gasteiger partial charge in [-0.15, -0.1) is 0 Å². The van der Waals surface area contributed by atoms with E-state index in [1.807, 2.05) is 79.7 Å². The van der Waals surface area contributed by atoms with E-state index in [0.29, 0.717) is 59.7 Å². The highest BCUT2D eigenvalue weighted by Gasteiger charge is 2.45. The summed E-state index contributed by atoms with van der Waals surface area (Å²) in [6.45, 7) is 16.8. The summed E-state index contributed by atoms with van der Waals surface area (Å²) < 4.78 is 11.6. The smallest absolute Gasteiger partial charge is 0.260 e. The van der Waals surface area contributed by atoms with Crippen LogP contribution in [0.1, 0.15) is 100 Å². The first-order chi connectivity index (χ1) is 20.2. The highest BCUT2D eigenvalue weighted by Crippen LogP contribution is 2.38. The molecule has 0 aliphatic carbocycles. The molecule has 0 bridgehead atoms. The minimum absolute atomic E-state index is 0.0285. The molecule has 9 heteroatoms. The van der Waals surface area contributed by atoms with Crippen LogP contribution in [0, 0.1) is 0 Å². The van der Waals surface area contributed by atoms with E-state index in [0.717, 1.165) is 0 Å². The van der Waals surface area contributed by atoms with Crippen molar-refractivity contribution in [2.75, 3.05) is 26.2 Å². The van der Waals surface area contributed by atoms with Gasteiger partial charge in [-0.3, -0.25) is 29.0 Å². The quantitative estimate of drug-likeness (QED) is 0.278. The third kappa shape index (κ3) is 6.47. The summed E-state index contributed by atoms with van der Waals surface area (Å²) in [4.78, 5) is 55.9. The van der Waals surface area contributed by atoms with Crippen molar-refractivity contribution in [1.82, 2.24) is 15.1 Å². The maximum Gasteiger partial charge on any atom is 0.260 e. The van der Waals surface area contributed by atoms with E-state index in [9.17, 15) is 19.2 Å². The van der Waals surface area contributed by atoms with Crippen LogP contribution in [-0.4, -0.2) is 71.8 Å². The summed E-state index contributed by atoms with van der Waals surface area (Å²) in [6.07, 6.45) is 1.09. The lowest BCUT2D eigenvalue weighted by molar-refractivity contribution is -0.135. The fourth-order valence-electron chi connectivity index (χ4n) is 5.82. The Morgan fingerprint density at radius 3 is 1.37 bits per heavy atom. The van der Waals surface area contributed by atoms with Gasteiger partial charge in [0.05, 0.1) is 23.0 Å². The van der Waals surface area contributed by atoms with Gasteiger partial charge in [-0.2, -0.15) is 0 Å². The minimum Gasteiger partial charge on any atom is -0.491 e. The molecule has 0 saturated carbocycles. The Labute approximate surface area is 254 Å². The zero-order valence-electron chi connectivity index (χ0n) is 26.7. The second-order valence-electron chi connectivity index (χ2n) is 13.0. The van der Waals surface area contributed by atoms with Gasteiger partial charge in [-0.25, -0.2) is 0 Å². The summed E-state index contributed by atoms with van der Waals surface area (Å²) in [7, 11) is 0. The number of hydrogen-bond acceptors (Lipinski definition) is 7. The number of carbonyl (C=O) groups excluding carboxylic acids is 4. The maximum atomic E-state index is 13.3. The molecule has 43 heavy (non-hydrogen) atoms. The Balaban J connectivity index is 1.31. The molecule has 2 aliphatic rings. The second kappa shape index (κ2) is 12.5. The zero-order valence-corrected chi connectivity index (χ0v) is 26.7. The van der Waals surface area contributed by atoms with E-state index in [1.165, 1.54) is 9.80 Å². The van der Waals surface area contributed by atoms with E-state index < -0.39 is 10.8 Å². The van der Waals surface area contributed by atoms with Gasteiger partial charge in [0, 0.05) is 24.2 Å². The van der Waals surface area contributed by atoms with Crippen molar-refractivity contribution in [2.24, 2.45) is 0 Å². The van der Waals surface area contributed by atoms with Crippen LogP contribution in [0.2, 0.25) is 0 Å². The normalized spacial score (nSPS) is 17.4. The predicted molar refractivity (Wildman–Crippen MR) is 165 cm³/mol. The van der Waals surface area contributed by atoms with Crippen molar-refractivity contribution in [3.63, 3.8) is 0 Å². The molecule has 2 aromatic rings. The van der Waals surface area contributed by atoms with Crippen molar-refractivity contribution in [2.45, 2.75) is 91.3 Å². The topological polar surface area (TPSA) is 105 Å². The van der Waals surface area contributed by atoms with Crippen LogP contribution >= 0.6 is 0 Å². The van der Waals surface area contributed by atoms with Crippen molar-refractivity contribution in [3.8, 4) is 11.5 Å². The lowest BCUT2D eigenvalue weighted by Gasteiger charge is -2.38. The fraction of sp³-hybridized carbons (Fsp3) is 0.529. The number of carbonyl (C=O) groups is 4. The van der Waals surface area contributed by atoms with Gasteiger partial charge in [0.1, 0.15) is 11.5 Å². The van der Waals surface area contributed by atoms with Crippen LogP contribution in [0.3, 0.4) is 0 Å². The molecule has 0 saturated heterocycles. The number of imide groups is 2. The summed E-state index contributed by atoms with van der Waals surface area (Å²) in [6, 6.07) is 10.7. The molecule has 232 valence electrons. The molecule has 4 amide bonds. The Morgan fingerprint density at radius 1 is 0.651 bits per heavy atom. The van der Waals surface area contributed by atoms with Gasteiger partial charge in [0.25, 0.3) is 11.8 Å². The summed E-state index contributed by atoms with van der Waals surface area (Å²) in [5, 5.41) is 3.33. The van der Waals surface area contributed by atoms with Crippen LogP contribution in [0.15, 0.2) is 36.4 Å². The average Bonchev–Trinajstić information content (AvgIpc) is 2.93. The second-order valence-corrected chi connectivity index (χ2v) is 13.0. The molecule has 0 spiro atoms. The Bertz CT molecular complexity index is 1310. The highest BCUT2D eigenvalue weighted by atomic mass is 16.5. The molecule has 2 heterocycles. The molecule has 2 aromatic carbocycles. The van der Waals surface area contributed by atoms with Crippen LogP contribution in [0.5, 0.6) is 11.5 Å². The van der Waals surface area contributed by atoms with Crippen LogP contribution in [0.25, 0.3) is 0 Å². The molecule has 0 radical (unpaired) electrons. The lowest BCUT2D eigenvalue weighted by Crippen LogP contribution is -2.52.